The maximum atomic E-state index is 14.0. The van der Waals surface area contributed by atoms with E-state index in [1.165, 1.54) is 25.0 Å². The number of carboxylic acid groups (broad SMARTS) is 1. The van der Waals surface area contributed by atoms with Gasteiger partial charge in [-0.1, -0.05) is 13.0 Å². The molecule has 200 valence electrons. The molecule has 2 atom stereocenters. The highest BCUT2D eigenvalue weighted by Gasteiger charge is 2.45. The maximum absolute atomic E-state index is 14.0. The van der Waals surface area contributed by atoms with E-state index in [1.807, 2.05) is 0 Å². The lowest BCUT2D eigenvalue weighted by Crippen LogP contribution is -2.26. The van der Waals surface area contributed by atoms with Crippen molar-refractivity contribution in [1.29, 1.82) is 0 Å². The van der Waals surface area contributed by atoms with Crippen LogP contribution >= 0.6 is 0 Å². The van der Waals surface area contributed by atoms with Crippen molar-refractivity contribution in [2.75, 3.05) is 43.3 Å². The number of nitrogens with zero attached hydrogens (tertiary/aromatic N) is 1. The SMILES string of the molecule is CN(CCCCNc1cc(F)ccc1S(=O)(=O)Nc1ccc2c(c1C(=O)O)OCC1CC21)CC1(C)CC1. The number of carboxylic acids is 1. The summed E-state index contributed by atoms with van der Waals surface area (Å²) in [5.74, 6) is -0.953. The van der Waals surface area contributed by atoms with Gasteiger partial charge in [-0.05, 0) is 86.9 Å². The lowest BCUT2D eigenvalue weighted by atomic mass is 10.0. The van der Waals surface area contributed by atoms with E-state index >= 15 is 0 Å². The molecule has 3 N–H and O–H groups in total. The summed E-state index contributed by atoms with van der Waals surface area (Å²) in [5.41, 5.74) is 1.12. The molecule has 0 spiro atoms. The second-order valence-electron chi connectivity index (χ2n) is 11.1. The van der Waals surface area contributed by atoms with Crippen molar-refractivity contribution < 1.29 is 27.4 Å². The molecule has 1 heterocycles. The molecule has 0 radical (unpaired) electrons. The topological polar surface area (TPSA) is 108 Å². The van der Waals surface area contributed by atoms with Crippen LogP contribution in [0.2, 0.25) is 0 Å². The molecule has 2 fully saturated rings. The molecule has 8 nitrogen and oxygen atoms in total. The van der Waals surface area contributed by atoms with Gasteiger partial charge in [0.2, 0.25) is 0 Å². The van der Waals surface area contributed by atoms with Crippen LogP contribution in [0.25, 0.3) is 0 Å². The number of halogens is 1. The van der Waals surface area contributed by atoms with Crippen molar-refractivity contribution in [2.45, 2.75) is 49.8 Å². The van der Waals surface area contributed by atoms with Gasteiger partial charge in [0.05, 0.1) is 18.0 Å². The minimum absolute atomic E-state index is 0.0759. The fraction of sp³-hybridized carbons (Fsp3) is 0.519. The van der Waals surface area contributed by atoms with Gasteiger partial charge in [0.25, 0.3) is 10.0 Å². The number of carbonyl (C=O) groups is 1. The van der Waals surface area contributed by atoms with Crippen LogP contribution in [0.3, 0.4) is 0 Å². The maximum Gasteiger partial charge on any atom is 0.341 e. The van der Waals surface area contributed by atoms with Gasteiger partial charge in [-0.15, -0.1) is 0 Å². The molecule has 0 aromatic heterocycles. The average Bonchev–Trinajstić information content (AvgIpc) is 3.75. The number of aromatic carboxylic acids is 1. The molecular weight excluding hydrogens is 497 g/mol. The molecule has 1 aliphatic heterocycles. The van der Waals surface area contributed by atoms with Crippen LogP contribution in [0.15, 0.2) is 35.2 Å². The van der Waals surface area contributed by atoms with Crippen LogP contribution in [0.5, 0.6) is 5.75 Å². The van der Waals surface area contributed by atoms with Crippen molar-refractivity contribution in [1.82, 2.24) is 4.90 Å². The van der Waals surface area contributed by atoms with Gasteiger partial charge in [0, 0.05) is 19.0 Å². The van der Waals surface area contributed by atoms with Crippen LogP contribution < -0.4 is 14.8 Å². The van der Waals surface area contributed by atoms with Crippen molar-refractivity contribution in [3.63, 3.8) is 0 Å². The number of anilines is 2. The quantitative estimate of drug-likeness (QED) is 0.340. The Balaban J connectivity index is 1.28. The Bertz CT molecular complexity index is 1310. The van der Waals surface area contributed by atoms with Gasteiger partial charge < -0.3 is 20.1 Å². The molecule has 2 unspecified atom stereocenters. The summed E-state index contributed by atoms with van der Waals surface area (Å²) in [5, 5.41) is 12.9. The Hall–Kier alpha value is -2.85. The van der Waals surface area contributed by atoms with Crippen LogP contribution in [0.4, 0.5) is 15.8 Å². The number of benzene rings is 2. The summed E-state index contributed by atoms with van der Waals surface area (Å²) in [7, 11) is -2.11. The fourth-order valence-corrected chi connectivity index (χ4v) is 6.49. The van der Waals surface area contributed by atoms with E-state index in [0.717, 1.165) is 50.0 Å². The Morgan fingerprint density at radius 3 is 2.73 bits per heavy atom. The summed E-state index contributed by atoms with van der Waals surface area (Å²) in [6.07, 6.45) is 5.21. The van der Waals surface area contributed by atoms with Crippen LogP contribution in [-0.4, -0.2) is 57.7 Å². The van der Waals surface area contributed by atoms with E-state index in [4.69, 9.17) is 4.74 Å². The number of unbranched alkanes of at least 4 members (excludes halogenated alkanes) is 1. The van der Waals surface area contributed by atoms with Gasteiger partial charge in [-0.2, -0.15) is 0 Å². The van der Waals surface area contributed by atoms with Crippen molar-refractivity contribution in [3.8, 4) is 5.75 Å². The minimum atomic E-state index is -4.22. The first-order valence-electron chi connectivity index (χ1n) is 12.8. The Morgan fingerprint density at radius 2 is 2.00 bits per heavy atom. The van der Waals surface area contributed by atoms with E-state index < -0.39 is 21.8 Å². The van der Waals surface area contributed by atoms with Gasteiger partial charge in [0.15, 0.2) is 0 Å². The molecule has 0 amide bonds. The normalized spacial score (nSPS) is 21.0. The van der Waals surface area contributed by atoms with Crippen molar-refractivity contribution >= 4 is 27.4 Å². The molecule has 37 heavy (non-hydrogen) atoms. The first-order chi connectivity index (χ1) is 17.6. The predicted octanol–water partition coefficient (Wildman–Crippen LogP) is 4.74. The summed E-state index contributed by atoms with van der Waals surface area (Å²) in [4.78, 5) is 14.3. The fourth-order valence-electron chi connectivity index (χ4n) is 5.25. The number of hydrogen-bond donors (Lipinski definition) is 3. The third-order valence-electron chi connectivity index (χ3n) is 7.68. The number of ether oxygens (including phenoxy) is 1. The molecule has 0 saturated heterocycles. The number of fused-ring (bicyclic) bond motifs is 3. The smallest absolute Gasteiger partial charge is 0.341 e. The molecule has 5 rings (SSSR count). The van der Waals surface area contributed by atoms with E-state index in [2.05, 4.69) is 28.9 Å². The summed E-state index contributed by atoms with van der Waals surface area (Å²) in [6.45, 7) is 5.21. The highest BCUT2D eigenvalue weighted by Crippen LogP contribution is 2.55. The zero-order valence-corrected chi connectivity index (χ0v) is 22.0. The predicted molar refractivity (Wildman–Crippen MR) is 140 cm³/mol. The third-order valence-corrected chi connectivity index (χ3v) is 9.10. The van der Waals surface area contributed by atoms with Crippen LogP contribution in [0.1, 0.15) is 60.9 Å². The number of sulfonamides is 1. The minimum Gasteiger partial charge on any atom is -0.492 e. The summed E-state index contributed by atoms with van der Waals surface area (Å²) < 4.78 is 48.9. The highest BCUT2D eigenvalue weighted by atomic mass is 32.2. The van der Waals surface area contributed by atoms with Crippen molar-refractivity contribution in [3.05, 3.63) is 47.3 Å². The Morgan fingerprint density at radius 1 is 1.22 bits per heavy atom. The lowest BCUT2D eigenvalue weighted by molar-refractivity contribution is 0.0692. The summed E-state index contributed by atoms with van der Waals surface area (Å²) in [6, 6.07) is 6.62. The second-order valence-corrected chi connectivity index (χ2v) is 12.7. The zero-order chi connectivity index (χ0) is 26.4. The molecular formula is C27H34FN3O5S. The Kier molecular flexibility index (Phi) is 6.83. The van der Waals surface area contributed by atoms with E-state index in [9.17, 15) is 22.7 Å². The molecule has 3 aliphatic rings. The first kappa shape index (κ1) is 25.8. The number of nitrogens with one attached hydrogen (secondary N) is 2. The third kappa shape index (κ3) is 5.70. The molecule has 0 bridgehead atoms. The monoisotopic (exact) mass is 531 g/mol. The van der Waals surface area contributed by atoms with Gasteiger partial charge in [-0.25, -0.2) is 17.6 Å². The lowest BCUT2D eigenvalue weighted by Gasteiger charge is -2.22. The molecule has 2 aliphatic carbocycles. The molecule has 10 heteroatoms. The molecule has 2 saturated carbocycles. The largest absolute Gasteiger partial charge is 0.492 e. The zero-order valence-electron chi connectivity index (χ0n) is 21.2. The standard InChI is InChI=1S/C27H34FN3O5S/c1-27(9-10-27)16-31(2)12-4-3-11-29-22-14-18(28)5-8-23(22)37(34,35)30-21-7-6-19-20-13-17(20)15-36-25(19)24(21)26(32)33/h5-8,14,17,20,29-30H,3-4,9-13,15-16H2,1-2H3,(H,32,33). The second kappa shape index (κ2) is 9.79. The van der Waals surface area contributed by atoms with Crippen LogP contribution in [0, 0.1) is 17.2 Å². The van der Waals surface area contributed by atoms with E-state index in [-0.39, 0.29) is 33.5 Å². The summed E-state index contributed by atoms with van der Waals surface area (Å²) >= 11 is 0. The first-order valence-corrected chi connectivity index (χ1v) is 14.3. The van der Waals surface area contributed by atoms with Gasteiger partial charge >= 0.3 is 5.97 Å². The van der Waals surface area contributed by atoms with Gasteiger partial charge in [0.1, 0.15) is 22.0 Å². The Labute approximate surface area is 217 Å². The highest BCUT2D eigenvalue weighted by molar-refractivity contribution is 7.92. The molecule has 2 aromatic carbocycles. The molecule has 2 aromatic rings. The average molecular weight is 532 g/mol. The van der Waals surface area contributed by atoms with E-state index in [0.29, 0.717) is 24.5 Å². The van der Waals surface area contributed by atoms with Crippen molar-refractivity contribution in [2.24, 2.45) is 11.3 Å². The van der Waals surface area contributed by atoms with Gasteiger partial charge in [-0.3, -0.25) is 4.72 Å². The number of rotatable bonds is 12. The number of hydrogen-bond acceptors (Lipinski definition) is 6. The van der Waals surface area contributed by atoms with Crippen LogP contribution in [-0.2, 0) is 10.0 Å². The van der Waals surface area contributed by atoms with E-state index in [1.54, 1.807) is 6.07 Å².